The van der Waals surface area contributed by atoms with Crippen LogP contribution in [0.4, 0.5) is 0 Å². The molecule has 84 valence electrons. The zero-order valence-corrected chi connectivity index (χ0v) is 9.66. The molecule has 0 aromatic heterocycles. The van der Waals surface area contributed by atoms with E-state index in [2.05, 4.69) is 0 Å². The number of rotatable bonds is 4. The highest BCUT2D eigenvalue weighted by molar-refractivity contribution is 7.85. The van der Waals surface area contributed by atoms with Gasteiger partial charge in [0.05, 0.1) is 4.90 Å². The Morgan fingerprint density at radius 1 is 1.40 bits per heavy atom. The lowest BCUT2D eigenvalue weighted by Gasteiger charge is -2.13. The van der Waals surface area contributed by atoms with E-state index in [4.69, 9.17) is 4.55 Å². The van der Waals surface area contributed by atoms with Crippen molar-refractivity contribution in [1.29, 1.82) is 0 Å². The minimum Gasteiger partial charge on any atom is -0.302 e. The van der Waals surface area contributed by atoms with Crippen LogP contribution in [0.5, 0.6) is 0 Å². The second-order valence-corrected chi connectivity index (χ2v) is 4.87. The van der Waals surface area contributed by atoms with Crippen molar-refractivity contribution in [3.05, 3.63) is 29.8 Å². The lowest BCUT2D eigenvalue weighted by molar-refractivity contribution is 0.345. The van der Waals surface area contributed by atoms with Crippen molar-refractivity contribution in [1.82, 2.24) is 4.90 Å². The smallest absolute Gasteiger partial charge is 0.294 e. The second kappa shape index (κ2) is 4.74. The van der Waals surface area contributed by atoms with Gasteiger partial charge in [-0.25, -0.2) is 0 Å². The first kappa shape index (κ1) is 12.2. The first-order valence-electron chi connectivity index (χ1n) is 4.68. The van der Waals surface area contributed by atoms with Crippen LogP contribution in [0.15, 0.2) is 29.2 Å². The van der Waals surface area contributed by atoms with Gasteiger partial charge in [-0.1, -0.05) is 19.1 Å². The van der Waals surface area contributed by atoms with Gasteiger partial charge in [0.25, 0.3) is 10.1 Å². The van der Waals surface area contributed by atoms with Gasteiger partial charge in [-0.2, -0.15) is 8.42 Å². The summed E-state index contributed by atoms with van der Waals surface area (Å²) in [5, 5.41) is 0. The third kappa shape index (κ3) is 3.62. The second-order valence-electron chi connectivity index (χ2n) is 3.45. The predicted molar refractivity (Wildman–Crippen MR) is 58.3 cm³/mol. The molecule has 0 radical (unpaired) electrons. The van der Waals surface area contributed by atoms with Gasteiger partial charge in [0.15, 0.2) is 0 Å². The Morgan fingerprint density at radius 3 is 2.60 bits per heavy atom. The van der Waals surface area contributed by atoms with Gasteiger partial charge in [0, 0.05) is 6.54 Å². The van der Waals surface area contributed by atoms with E-state index in [1.54, 1.807) is 6.07 Å². The van der Waals surface area contributed by atoms with Crippen LogP contribution >= 0.6 is 0 Å². The molecule has 0 unspecified atom stereocenters. The van der Waals surface area contributed by atoms with Crippen molar-refractivity contribution in [3.63, 3.8) is 0 Å². The molecule has 1 N–H and O–H groups in total. The van der Waals surface area contributed by atoms with E-state index in [9.17, 15) is 8.42 Å². The summed E-state index contributed by atoms with van der Waals surface area (Å²) < 4.78 is 30.6. The molecule has 0 aliphatic rings. The summed E-state index contributed by atoms with van der Waals surface area (Å²) in [7, 11) is -2.14. The molecule has 0 fully saturated rings. The highest BCUT2D eigenvalue weighted by Gasteiger charge is 2.09. The Labute approximate surface area is 90.3 Å². The normalized spacial score (nSPS) is 12.0. The minimum absolute atomic E-state index is 0.0514. The van der Waals surface area contributed by atoms with Crippen LogP contribution in [0.3, 0.4) is 0 Å². The molecule has 0 saturated carbocycles. The zero-order chi connectivity index (χ0) is 11.5. The molecule has 15 heavy (non-hydrogen) atoms. The number of benzene rings is 1. The first-order valence-corrected chi connectivity index (χ1v) is 6.12. The standard InChI is InChI=1S/C10H15NO3S/c1-3-11(2)8-9-5-4-6-10(7-9)15(12,13)14/h4-7H,3,8H2,1-2H3,(H,12,13,14). The van der Waals surface area contributed by atoms with Crippen molar-refractivity contribution in [2.24, 2.45) is 0 Å². The summed E-state index contributed by atoms with van der Waals surface area (Å²) in [4.78, 5) is 1.99. The molecule has 5 heteroatoms. The molecule has 0 bridgehead atoms. The molecular formula is C10H15NO3S. The number of nitrogens with zero attached hydrogens (tertiary/aromatic N) is 1. The molecule has 0 aliphatic carbocycles. The van der Waals surface area contributed by atoms with Gasteiger partial charge in [-0.05, 0) is 31.3 Å². The Hall–Kier alpha value is -0.910. The summed E-state index contributed by atoms with van der Waals surface area (Å²) >= 11 is 0. The summed E-state index contributed by atoms with van der Waals surface area (Å²) in [5.41, 5.74) is 0.870. The van der Waals surface area contributed by atoms with Crippen molar-refractivity contribution in [2.75, 3.05) is 13.6 Å². The lowest BCUT2D eigenvalue weighted by atomic mass is 10.2. The highest BCUT2D eigenvalue weighted by Crippen LogP contribution is 2.12. The number of hydrogen-bond acceptors (Lipinski definition) is 3. The maximum atomic E-state index is 10.9. The van der Waals surface area contributed by atoms with E-state index >= 15 is 0 Å². The summed E-state index contributed by atoms with van der Waals surface area (Å²) in [6.45, 7) is 3.57. The van der Waals surface area contributed by atoms with E-state index in [0.29, 0.717) is 6.54 Å². The first-order chi connectivity index (χ1) is 6.93. The quantitative estimate of drug-likeness (QED) is 0.793. The van der Waals surface area contributed by atoms with Crippen LogP contribution in [0.25, 0.3) is 0 Å². The third-order valence-electron chi connectivity index (χ3n) is 2.19. The molecule has 0 heterocycles. The van der Waals surface area contributed by atoms with Gasteiger partial charge < -0.3 is 4.90 Å². The molecule has 0 saturated heterocycles. The van der Waals surface area contributed by atoms with Gasteiger partial charge >= 0.3 is 0 Å². The average molecular weight is 229 g/mol. The summed E-state index contributed by atoms with van der Waals surface area (Å²) in [6.07, 6.45) is 0. The lowest BCUT2D eigenvalue weighted by Crippen LogP contribution is -2.16. The fraction of sp³-hybridized carbons (Fsp3) is 0.400. The van der Waals surface area contributed by atoms with Crippen molar-refractivity contribution < 1.29 is 13.0 Å². The predicted octanol–water partition coefficient (Wildman–Crippen LogP) is 1.39. The fourth-order valence-electron chi connectivity index (χ4n) is 1.23. The molecule has 0 spiro atoms. The fourth-order valence-corrected chi connectivity index (χ4v) is 1.78. The minimum atomic E-state index is -4.09. The van der Waals surface area contributed by atoms with E-state index in [1.165, 1.54) is 12.1 Å². The van der Waals surface area contributed by atoms with Crippen molar-refractivity contribution in [3.8, 4) is 0 Å². The maximum Gasteiger partial charge on any atom is 0.294 e. The number of hydrogen-bond donors (Lipinski definition) is 1. The Kier molecular flexibility index (Phi) is 3.84. The Morgan fingerprint density at radius 2 is 2.07 bits per heavy atom. The highest BCUT2D eigenvalue weighted by atomic mass is 32.2. The Bertz CT molecular complexity index is 428. The van der Waals surface area contributed by atoms with E-state index in [0.717, 1.165) is 12.1 Å². The van der Waals surface area contributed by atoms with E-state index in [-0.39, 0.29) is 4.90 Å². The summed E-state index contributed by atoms with van der Waals surface area (Å²) in [6, 6.07) is 6.33. The van der Waals surface area contributed by atoms with Crippen molar-refractivity contribution >= 4 is 10.1 Å². The zero-order valence-electron chi connectivity index (χ0n) is 8.84. The third-order valence-corrected chi connectivity index (χ3v) is 3.04. The average Bonchev–Trinajstić information content (AvgIpc) is 2.17. The molecule has 0 atom stereocenters. The van der Waals surface area contributed by atoms with Crippen LogP contribution in [0, 0.1) is 0 Å². The van der Waals surface area contributed by atoms with Crippen LogP contribution in [0.2, 0.25) is 0 Å². The van der Waals surface area contributed by atoms with E-state index < -0.39 is 10.1 Å². The monoisotopic (exact) mass is 229 g/mol. The molecule has 1 aromatic carbocycles. The summed E-state index contributed by atoms with van der Waals surface area (Å²) in [5.74, 6) is 0. The topological polar surface area (TPSA) is 57.6 Å². The van der Waals surface area contributed by atoms with Gasteiger partial charge in [-0.3, -0.25) is 4.55 Å². The SMILES string of the molecule is CCN(C)Cc1cccc(S(=O)(=O)O)c1. The molecular weight excluding hydrogens is 214 g/mol. The van der Waals surface area contributed by atoms with Crippen molar-refractivity contribution in [2.45, 2.75) is 18.4 Å². The van der Waals surface area contributed by atoms with Crippen LogP contribution in [-0.4, -0.2) is 31.5 Å². The van der Waals surface area contributed by atoms with Crippen LogP contribution in [-0.2, 0) is 16.7 Å². The van der Waals surface area contributed by atoms with Crippen LogP contribution < -0.4 is 0 Å². The van der Waals surface area contributed by atoms with Gasteiger partial charge in [0.2, 0.25) is 0 Å². The molecule has 1 rings (SSSR count). The van der Waals surface area contributed by atoms with Crippen LogP contribution in [0.1, 0.15) is 12.5 Å². The Balaban J connectivity index is 2.94. The molecule has 0 aliphatic heterocycles. The molecule has 1 aromatic rings. The van der Waals surface area contributed by atoms with Gasteiger partial charge in [0.1, 0.15) is 0 Å². The molecule has 0 amide bonds. The van der Waals surface area contributed by atoms with E-state index in [1.807, 2.05) is 24.9 Å². The van der Waals surface area contributed by atoms with Gasteiger partial charge in [-0.15, -0.1) is 0 Å². The maximum absolute atomic E-state index is 10.9. The molecule has 4 nitrogen and oxygen atoms in total. The largest absolute Gasteiger partial charge is 0.302 e.